The maximum Gasteiger partial charge on any atom is 0.129 e. The normalized spacial score (nSPS) is 19.4. The number of halogens is 1. The van der Waals surface area contributed by atoms with Gasteiger partial charge in [-0.2, -0.15) is 0 Å². The van der Waals surface area contributed by atoms with Gasteiger partial charge in [0.05, 0.1) is 0 Å². The van der Waals surface area contributed by atoms with Crippen molar-refractivity contribution in [3.8, 4) is 0 Å². The van der Waals surface area contributed by atoms with Crippen molar-refractivity contribution < 1.29 is 4.39 Å². The average molecular weight is 277 g/mol. The first kappa shape index (κ1) is 15.5. The minimum Gasteiger partial charge on any atom is -0.313 e. The van der Waals surface area contributed by atoms with E-state index in [4.69, 9.17) is 0 Å². The summed E-state index contributed by atoms with van der Waals surface area (Å²) < 4.78 is 13.8. The molecule has 2 heteroatoms. The van der Waals surface area contributed by atoms with E-state index in [0.717, 1.165) is 11.1 Å². The van der Waals surface area contributed by atoms with Gasteiger partial charge in [-0.15, -0.1) is 0 Å². The molecular formula is C18H28FN. The molecule has 0 saturated heterocycles. The van der Waals surface area contributed by atoms with E-state index in [-0.39, 0.29) is 5.82 Å². The standard InChI is InChI=1S/C18H28FN/c1-13-11-16(12-14(2)17(13)19)18(20-3)15-9-7-5-4-6-8-10-15/h11-12,15,18,20H,4-10H2,1-3H3. The second-order valence-electron chi connectivity index (χ2n) is 6.34. The van der Waals surface area contributed by atoms with Crippen molar-refractivity contribution in [3.63, 3.8) is 0 Å². The zero-order chi connectivity index (χ0) is 14.5. The van der Waals surface area contributed by atoms with E-state index in [0.29, 0.717) is 12.0 Å². The molecule has 1 unspecified atom stereocenters. The van der Waals surface area contributed by atoms with Crippen LogP contribution in [0.5, 0.6) is 0 Å². The highest BCUT2D eigenvalue weighted by molar-refractivity contribution is 5.32. The first-order valence-corrected chi connectivity index (χ1v) is 8.07. The molecule has 1 nitrogen and oxygen atoms in total. The van der Waals surface area contributed by atoms with Crippen molar-refractivity contribution in [2.24, 2.45) is 5.92 Å². The summed E-state index contributed by atoms with van der Waals surface area (Å²) in [6.45, 7) is 3.74. The zero-order valence-corrected chi connectivity index (χ0v) is 13.1. The van der Waals surface area contributed by atoms with Gasteiger partial charge in [0, 0.05) is 6.04 Å². The Bertz CT molecular complexity index is 410. The van der Waals surface area contributed by atoms with Gasteiger partial charge in [0.2, 0.25) is 0 Å². The number of nitrogens with one attached hydrogen (secondary N) is 1. The maximum atomic E-state index is 13.8. The van der Waals surface area contributed by atoms with Crippen LogP contribution >= 0.6 is 0 Å². The van der Waals surface area contributed by atoms with Crippen molar-refractivity contribution in [3.05, 3.63) is 34.6 Å². The second-order valence-corrected chi connectivity index (χ2v) is 6.34. The van der Waals surface area contributed by atoms with Gasteiger partial charge in [-0.1, -0.05) is 44.2 Å². The van der Waals surface area contributed by atoms with Crippen LogP contribution in [-0.4, -0.2) is 7.05 Å². The molecule has 0 aromatic heterocycles. The molecule has 0 spiro atoms. The lowest BCUT2D eigenvalue weighted by Crippen LogP contribution is -2.26. The van der Waals surface area contributed by atoms with Crippen molar-refractivity contribution in [2.75, 3.05) is 7.05 Å². The fraction of sp³-hybridized carbons (Fsp3) is 0.667. The molecule has 0 amide bonds. The molecular weight excluding hydrogens is 249 g/mol. The summed E-state index contributed by atoms with van der Waals surface area (Å²) in [4.78, 5) is 0. The topological polar surface area (TPSA) is 12.0 Å². The number of hydrogen-bond donors (Lipinski definition) is 1. The summed E-state index contributed by atoms with van der Waals surface area (Å²) in [5, 5.41) is 3.49. The SMILES string of the molecule is CNC(c1cc(C)c(F)c(C)c1)C1CCCCCCC1. The molecule has 0 radical (unpaired) electrons. The van der Waals surface area contributed by atoms with Gasteiger partial charge in [0.15, 0.2) is 0 Å². The summed E-state index contributed by atoms with van der Waals surface area (Å²) in [7, 11) is 2.04. The van der Waals surface area contributed by atoms with Crippen LogP contribution in [0.15, 0.2) is 12.1 Å². The Morgan fingerprint density at radius 3 is 2.00 bits per heavy atom. The van der Waals surface area contributed by atoms with E-state index in [1.807, 2.05) is 33.0 Å². The van der Waals surface area contributed by atoms with E-state index in [9.17, 15) is 4.39 Å². The van der Waals surface area contributed by atoms with Crippen molar-refractivity contribution in [1.29, 1.82) is 0 Å². The first-order chi connectivity index (χ1) is 9.63. The van der Waals surface area contributed by atoms with Gasteiger partial charge in [0.1, 0.15) is 5.82 Å². The largest absolute Gasteiger partial charge is 0.313 e. The molecule has 1 N–H and O–H groups in total. The maximum absolute atomic E-state index is 13.8. The Labute approximate surface area is 123 Å². The van der Waals surface area contributed by atoms with Crippen LogP contribution in [0.3, 0.4) is 0 Å². The summed E-state index contributed by atoms with van der Waals surface area (Å²) in [6, 6.07) is 4.43. The molecule has 0 heterocycles. The molecule has 0 aliphatic heterocycles. The Morgan fingerprint density at radius 1 is 1.00 bits per heavy atom. The van der Waals surface area contributed by atoms with Gasteiger partial charge < -0.3 is 5.32 Å². The smallest absolute Gasteiger partial charge is 0.129 e. The van der Waals surface area contributed by atoms with E-state index < -0.39 is 0 Å². The monoisotopic (exact) mass is 277 g/mol. The molecule has 1 atom stereocenters. The lowest BCUT2D eigenvalue weighted by Gasteiger charge is -2.29. The van der Waals surface area contributed by atoms with Crippen LogP contribution in [0.1, 0.15) is 67.7 Å². The first-order valence-electron chi connectivity index (χ1n) is 8.07. The van der Waals surface area contributed by atoms with Gasteiger partial charge in [-0.3, -0.25) is 0 Å². The number of benzene rings is 1. The van der Waals surface area contributed by atoms with Crippen LogP contribution in [0, 0.1) is 25.6 Å². The molecule has 1 saturated carbocycles. The van der Waals surface area contributed by atoms with Crippen LogP contribution < -0.4 is 5.32 Å². The Kier molecular flexibility index (Phi) is 5.59. The molecule has 1 aliphatic carbocycles. The van der Waals surface area contributed by atoms with E-state index >= 15 is 0 Å². The third kappa shape index (κ3) is 3.60. The van der Waals surface area contributed by atoms with E-state index in [2.05, 4.69) is 5.32 Å². The molecule has 1 aromatic carbocycles. The Balaban J connectivity index is 2.21. The lowest BCUT2D eigenvalue weighted by atomic mass is 9.82. The second kappa shape index (κ2) is 7.21. The summed E-state index contributed by atoms with van der Waals surface area (Å²) >= 11 is 0. The highest BCUT2D eigenvalue weighted by Gasteiger charge is 2.23. The molecule has 20 heavy (non-hydrogen) atoms. The molecule has 1 aliphatic rings. The fourth-order valence-electron chi connectivity index (χ4n) is 3.65. The lowest BCUT2D eigenvalue weighted by molar-refractivity contribution is 0.299. The minimum absolute atomic E-state index is 0.0544. The minimum atomic E-state index is -0.0544. The molecule has 112 valence electrons. The highest BCUT2D eigenvalue weighted by atomic mass is 19.1. The summed E-state index contributed by atoms with van der Waals surface area (Å²) in [6.07, 6.45) is 9.39. The van der Waals surface area contributed by atoms with Crippen LogP contribution in [0.2, 0.25) is 0 Å². The number of aryl methyl sites for hydroxylation is 2. The highest BCUT2D eigenvalue weighted by Crippen LogP contribution is 2.33. The Hall–Kier alpha value is -0.890. The summed E-state index contributed by atoms with van der Waals surface area (Å²) in [5.41, 5.74) is 2.80. The predicted molar refractivity (Wildman–Crippen MR) is 83.5 cm³/mol. The molecule has 2 rings (SSSR count). The number of rotatable bonds is 3. The third-order valence-electron chi connectivity index (χ3n) is 4.75. The van der Waals surface area contributed by atoms with Crippen LogP contribution in [-0.2, 0) is 0 Å². The number of hydrogen-bond acceptors (Lipinski definition) is 1. The van der Waals surface area contributed by atoms with Crippen molar-refractivity contribution >= 4 is 0 Å². The summed E-state index contributed by atoms with van der Waals surface area (Å²) in [5.74, 6) is 0.630. The fourth-order valence-corrected chi connectivity index (χ4v) is 3.65. The zero-order valence-electron chi connectivity index (χ0n) is 13.1. The van der Waals surface area contributed by atoms with E-state index in [1.54, 1.807) is 0 Å². The quantitative estimate of drug-likeness (QED) is 0.814. The predicted octanol–water partition coefficient (Wildman–Crippen LogP) is 5.06. The van der Waals surface area contributed by atoms with Crippen LogP contribution in [0.4, 0.5) is 4.39 Å². The molecule has 1 aromatic rings. The molecule has 1 fully saturated rings. The molecule has 0 bridgehead atoms. The third-order valence-corrected chi connectivity index (χ3v) is 4.75. The van der Waals surface area contributed by atoms with Crippen molar-refractivity contribution in [2.45, 2.75) is 64.8 Å². The van der Waals surface area contributed by atoms with Crippen molar-refractivity contribution in [1.82, 2.24) is 5.32 Å². The van der Waals surface area contributed by atoms with E-state index in [1.165, 1.54) is 50.5 Å². The average Bonchev–Trinajstić information content (AvgIpc) is 2.38. The van der Waals surface area contributed by atoms with Gasteiger partial charge >= 0.3 is 0 Å². The van der Waals surface area contributed by atoms with Gasteiger partial charge in [-0.05, 0) is 56.3 Å². The Morgan fingerprint density at radius 2 is 1.50 bits per heavy atom. The van der Waals surface area contributed by atoms with Crippen LogP contribution in [0.25, 0.3) is 0 Å². The van der Waals surface area contributed by atoms with Gasteiger partial charge in [0.25, 0.3) is 0 Å². The van der Waals surface area contributed by atoms with Gasteiger partial charge in [-0.25, -0.2) is 4.39 Å².